The highest BCUT2D eigenvalue weighted by molar-refractivity contribution is 9.10. The van der Waals surface area contributed by atoms with Crippen LogP contribution in [-0.2, 0) is 4.74 Å². The van der Waals surface area contributed by atoms with Crippen LogP contribution in [0.15, 0.2) is 83.3 Å². The number of carbonyl (C=O) groups excluding carboxylic acids is 1. The zero-order chi connectivity index (χ0) is 24.0. The molecule has 1 atom stereocenters. The molecule has 0 saturated carbocycles. The fourth-order valence-corrected chi connectivity index (χ4v) is 5.45. The van der Waals surface area contributed by atoms with E-state index in [1.54, 1.807) is 0 Å². The van der Waals surface area contributed by atoms with E-state index >= 15 is 0 Å². The number of nitrogens with zero attached hydrogens (tertiary/aromatic N) is 2. The second-order valence-corrected chi connectivity index (χ2v) is 10.00. The Labute approximate surface area is 215 Å². The number of benzene rings is 3. The second kappa shape index (κ2) is 11.4. The van der Waals surface area contributed by atoms with Gasteiger partial charge in [-0.3, -0.25) is 9.69 Å². The van der Waals surface area contributed by atoms with Crippen molar-refractivity contribution in [1.29, 1.82) is 0 Å². The summed E-state index contributed by atoms with van der Waals surface area (Å²) in [5.74, 6) is 0.808. The third-order valence-corrected chi connectivity index (χ3v) is 7.44. The molecule has 2 aliphatic heterocycles. The molecule has 182 valence electrons. The third kappa shape index (κ3) is 5.77. The van der Waals surface area contributed by atoms with Gasteiger partial charge in [-0.05, 0) is 58.1 Å². The summed E-state index contributed by atoms with van der Waals surface area (Å²) >= 11 is 3.58. The van der Waals surface area contributed by atoms with E-state index in [9.17, 15) is 4.79 Å². The Bertz CT molecular complexity index is 1070. The van der Waals surface area contributed by atoms with Gasteiger partial charge < -0.3 is 14.4 Å². The number of hydrogen-bond donors (Lipinski definition) is 0. The summed E-state index contributed by atoms with van der Waals surface area (Å²) < 4.78 is 12.4. The molecule has 0 N–H and O–H groups in total. The van der Waals surface area contributed by atoms with Crippen molar-refractivity contribution in [2.24, 2.45) is 0 Å². The molecule has 3 aromatic carbocycles. The fourth-order valence-electron chi connectivity index (χ4n) is 4.96. The van der Waals surface area contributed by atoms with E-state index in [2.05, 4.69) is 81.5 Å². The molecule has 2 heterocycles. The number of ether oxygens (including phenoxy) is 2. The van der Waals surface area contributed by atoms with Crippen molar-refractivity contribution >= 4 is 21.8 Å². The van der Waals surface area contributed by atoms with E-state index < -0.39 is 0 Å². The van der Waals surface area contributed by atoms with Gasteiger partial charge in [-0.1, -0.05) is 60.7 Å². The molecule has 0 spiro atoms. The lowest BCUT2D eigenvalue weighted by atomic mass is 9.96. The van der Waals surface area contributed by atoms with Crippen molar-refractivity contribution in [3.8, 4) is 5.75 Å². The van der Waals surface area contributed by atoms with Gasteiger partial charge >= 0.3 is 0 Å². The molecule has 5 nitrogen and oxygen atoms in total. The Balaban J connectivity index is 1.23. The summed E-state index contributed by atoms with van der Waals surface area (Å²) in [6.07, 6.45) is 2.29. The zero-order valence-corrected chi connectivity index (χ0v) is 21.4. The highest BCUT2D eigenvalue weighted by Gasteiger charge is 2.28. The lowest BCUT2D eigenvalue weighted by molar-refractivity contribution is 0.0596. The van der Waals surface area contributed by atoms with Crippen LogP contribution in [0, 0.1) is 0 Å². The minimum absolute atomic E-state index is 0.0620. The van der Waals surface area contributed by atoms with Crippen LogP contribution in [-0.4, -0.2) is 61.2 Å². The molecule has 0 aliphatic carbocycles. The van der Waals surface area contributed by atoms with Crippen LogP contribution in [0.5, 0.6) is 5.75 Å². The molecule has 2 saturated heterocycles. The molecular formula is C29H31BrN2O3. The molecule has 6 heteroatoms. The van der Waals surface area contributed by atoms with Crippen LogP contribution in [0.1, 0.15) is 40.4 Å². The molecule has 1 unspecified atom stereocenters. The molecule has 3 aromatic rings. The summed E-state index contributed by atoms with van der Waals surface area (Å²) in [7, 11) is 0. The molecule has 0 radical (unpaired) electrons. The molecule has 35 heavy (non-hydrogen) atoms. The summed E-state index contributed by atoms with van der Waals surface area (Å²) in [6, 6.07) is 27.0. The van der Waals surface area contributed by atoms with Crippen molar-refractivity contribution in [3.63, 3.8) is 0 Å². The summed E-state index contributed by atoms with van der Waals surface area (Å²) in [4.78, 5) is 17.7. The van der Waals surface area contributed by atoms with Crippen molar-refractivity contribution in [2.45, 2.75) is 25.0 Å². The van der Waals surface area contributed by atoms with Crippen LogP contribution in [0.2, 0.25) is 0 Å². The Hall–Kier alpha value is -2.67. The van der Waals surface area contributed by atoms with Crippen LogP contribution in [0.25, 0.3) is 0 Å². The number of carbonyl (C=O) groups is 1. The first kappa shape index (κ1) is 24.0. The van der Waals surface area contributed by atoms with Gasteiger partial charge in [0.25, 0.3) is 5.91 Å². The van der Waals surface area contributed by atoms with Crippen molar-refractivity contribution in [3.05, 3.63) is 100 Å². The second-order valence-electron chi connectivity index (χ2n) is 9.14. The lowest BCUT2D eigenvalue weighted by Crippen LogP contribution is -2.49. The van der Waals surface area contributed by atoms with Crippen LogP contribution >= 0.6 is 15.9 Å². The lowest BCUT2D eigenvalue weighted by Gasteiger charge is -2.39. The van der Waals surface area contributed by atoms with Crippen LogP contribution in [0.4, 0.5) is 0 Å². The van der Waals surface area contributed by atoms with E-state index in [1.807, 2.05) is 23.1 Å². The van der Waals surface area contributed by atoms with Gasteiger partial charge in [0.15, 0.2) is 0 Å². The first-order valence-electron chi connectivity index (χ1n) is 12.4. The number of halogens is 1. The standard InChI is InChI=1S/C29H31BrN2O3/c30-26-20-24(13-14-27(26)35-21-25-12-7-19-34-25)29(33)32-17-15-31(16-18-32)28(22-8-3-1-4-9-22)23-10-5-2-6-11-23/h1-6,8-11,13-14,20,25,28H,7,12,15-19,21H2. The first-order chi connectivity index (χ1) is 17.2. The summed E-state index contributed by atoms with van der Waals surface area (Å²) in [6.45, 7) is 4.40. The highest BCUT2D eigenvalue weighted by atomic mass is 79.9. The van der Waals surface area contributed by atoms with Gasteiger partial charge in [-0.2, -0.15) is 0 Å². The van der Waals surface area contributed by atoms with Gasteiger partial charge in [-0.15, -0.1) is 0 Å². The topological polar surface area (TPSA) is 42.0 Å². The maximum atomic E-state index is 13.3. The normalized spacial score (nSPS) is 18.7. The Morgan fingerprint density at radius 2 is 1.60 bits per heavy atom. The van der Waals surface area contributed by atoms with Crippen molar-refractivity contribution in [2.75, 3.05) is 39.4 Å². The van der Waals surface area contributed by atoms with Crippen molar-refractivity contribution in [1.82, 2.24) is 9.80 Å². The third-order valence-electron chi connectivity index (χ3n) is 6.82. The minimum atomic E-state index is 0.0620. The molecular weight excluding hydrogens is 504 g/mol. The number of hydrogen-bond acceptors (Lipinski definition) is 4. The number of piperazine rings is 1. The highest BCUT2D eigenvalue weighted by Crippen LogP contribution is 2.31. The van der Waals surface area contributed by atoms with E-state index in [4.69, 9.17) is 9.47 Å². The minimum Gasteiger partial charge on any atom is -0.490 e. The fraction of sp³-hybridized carbons (Fsp3) is 0.345. The van der Waals surface area contributed by atoms with Gasteiger partial charge in [-0.25, -0.2) is 0 Å². The van der Waals surface area contributed by atoms with E-state index in [0.717, 1.165) is 42.8 Å². The molecule has 2 fully saturated rings. The average molecular weight is 535 g/mol. The van der Waals surface area contributed by atoms with Crippen LogP contribution < -0.4 is 4.74 Å². The average Bonchev–Trinajstić information content (AvgIpc) is 3.43. The Morgan fingerprint density at radius 1 is 0.943 bits per heavy atom. The molecule has 2 aliphatic rings. The summed E-state index contributed by atoms with van der Waals surface area (Å²) in [5.41, 5.74) is 3.24. The van der Waals surface area contributed by atoms with Gasteiger partial charge in [0.1, 0.15) is 12.4 Å². The molecule has 5 rings (SSSR count). The largest absolute Gasteiger partial charge is 0.490 e. The number of rotatable bonds is 7. The number of amides is 1. The van der Waals surface area contributed by atoms with Crippen LogP contribution in [0.3, 0.4) is 0 Å². The van der Waals surface area contributed by atoms with Gasteiger partial charge in [0, 0.05) is 38.3 Å². The monoisotopic (exact) mass is 534 g/mol. The quantitative estimate of drug-likeness (QED) is 0.398. The van der Waals surface area contributed by atoms with Crippen molar-refractivity contribution < 1.29 is 14.3 Å². The maximum Gasteiger partial charge on any atom is 0.253 e. The van der Waals surface area contributed by atoms with E-state index in [1.165, 1.54) is 11.1 Å². The molecule has 0 aromatic heterocycles. The predicted molar refractivity (Wildman–Crippen MR) is 141 cm³/mol. The predicted octanol–water partition coefficient (Wildman–Crippen LogP) is 5.55. The van der Waals surface area contributed by atoms with Gasteiger partial charge in [0.2, 0.25) is 0 Å². The maximum absolute atomic E-state index is 13.3. The Kier molecular flexibility index (Phi) is 7.82. The zero-order valence-electron chi connectivity index (χ0n) is 19.8. The smallest absolute Gasteiger partial charge is 0.253 e. The van der Waals surface area contributed by atoms with Gasteiger partial charge in [0.05, 0.1) is 16.6 Å². The van der Waals surface area contributed by atoms with E-state index in [0.29, 0.717) is 25.3 Å². The molecule has 1 amide bonds. The first-order valence-corrected chi connectivity index (χ1v) is 13.2. The summed E-state index contributed by atoms with van der Waals surface area (Å²) in [5, 5.41) is 0. The Morgan fingerprint density at radius 3 is 2.17 bits per heavy atom. The SMILES string of the molecule is O=C(c1ccc(OCC2CCCO2)c(Br)c1)N1CCN(C(c2ccccc2)c2ccccc2)CC1. The molecule has 0 bridgehead atoms. The van der Waals surface area contributed by atoms with E-state index in [-0.39, 0.29) is 18.1 Å².